The fourth-order valence-corrected chi connectivity index (χ4v) is 3.96. The third-order valence-electron chi connectivity index (χ3n) is 5.05. The van der Waals surface area contributed by atoms with Gasteiger partial charge in [-0.05, 0) is 56.3 Å². The van der Waals surface area contributed by atoms with Crippen LogP contribution < -0.4 is 21.1 Å². The number of alkyl halides is 1. The summed E-state index contributed by atoms with van der Waals surface area (Å²) < 4.78 is 46.5. The molecule has 1 amide bonds. The zero-order chi connectivity index (χ0) is 25.5. The van der Waals surface area contributed by atoms with Crippen LogP contribution in [-0.2, 0) is 21.2 Å². The molecule has 0 spiro atoms. The number of anilines is 2. The first kappa shape index (κ1) is 26.3. The van der Waals surface area contributed by atoms with E-state index in [9.17, 15) is 17.6 Å². The number of nitrogens with two attached hydrogens (primary N) is 1. The normalized spacial score (nSPS) is 11.9. The van der Waals surface area contributed by atoms with E-state index in [1.165, 1.54) is 32.0 Å². The van der Waals surface area contributed by atoms with Crippen LogP contribution >= 0.6 is 0 Å². The Morgan fingerprint density at radius 1 is 1.11 bits per heavy atom. The average molecular weight is 505 g/mol. The standard InChI is InChI=1S/C23H29FN6O4S/c1-23(2,15-24)22(31)27-17-4-3-5-18(14-17)30-35(32,33)19-8-6-16(7-9-19)21-28-20(34-29-21)10-12-26-13-11-25/h3-9,14,26,30H,10-13,15,25H2,1-2H3,(H,27,31). The summed E-state index contributed by atoms with van der Waals surface area (Å²) in [6, 6.07) is 12.2. The zero-order valence-corrected chi connectivity index (χ0v) is 20.4. The number of aromatic nitrogens is 2. The maximum absolute atomic E-state index is 13.1. The van der Waals surface area contributed by atoms with Crippen LogP contribution in [0, 0.1) is 5.41 Å². The molecule has 0 radical (unpaired) electrons. The van der Waals surface area contributed by atoms with Crippen molar-refractivity contribution in [2.75, 3.05) is 36.3 Å². The summed E-state index contributed by atoms with van der Waals surface area (Å²) in [5.74, 6) is 0.312. The Bertz CT molecular complexity index is 1240. The van der Waals surface area contributed by atoms with Crippen molar-refractivity contribution in [1.82, 2.24) is 15.5 Å². The third kappa shape index (κ3) is 7.07. The van der Waals surface area contributed by atoms with Gasteiger partial charge in [0.25, 0.3) is 10.0 Å². The van der Waals surface area contributed by atoms with Gasteiger partial charge in [-0.3, -0.25) is 9.52 Å². The topological polar surface area (TPSA) is 152 Å². The van der Waals surface area contributed by atoms with E-state index in [1.54, 1.807) is 30.3 Å². The van der Waals surface area contributed by atoms with Crippen LogP contribution in [-0.4, -0.2) is 50.8 Å². The highest BCUT2D eigenvalue weighted by Crippen LogP contribution is 2.24. The highest BCUT2D eigenvalue weighted by atomic mass is 32.2. The number of nitrogens with zero attached hydrogens (tertiary/aromatic N) is 2. The second-order valence-corrected chi connectivity index (χ2v) is 10.2. The predicted octanol–water partition coefficient (Wildman–Crippen LogP) is 2.56. The van der Waals surface area contributed by atoms with Gasteiger partial charge in [-0.25, -0.2) is 12.8 Å². The minimum Gasteiger partial charge on any atom is -0.339 e. The molecule has 5 N–H and O–H groups in total. The Balaban J connectivity index is 1.67. The zero-order valence-electron chi connectivity index (χ0n) is 19.5. The van der Waals surface area contributed by atoms with Crippen molar-refractivity contribution in [3.63, 3.8) is 0 Å². The van der Waals surface area contributed by atoms with Gasteiger partial charge in [0.05, 0.1) is 16.0 Å². The molecule has 0 aliphatic rings. The molecule has 0 aliphatic carbocycles. The van der Waals surface area contributed by atoms with Gasteiger partial charge in [0.1, 0.15) is 6.67 Å². The van der Waals surface area contributed by atoms with Gasteiger partial charge in [-0.1, -0.05) is 11.2 Å². The summed E-state index contributed by atoms with van der Waals surface area (Å²) in [5.41, 5.74) is 5.43. The predicted molar refractivity (Wildman–Crippen MR) is 131 cm³/mol. The fourth-order valence-electron chi connectivity index (χ4n) is 2.91. The lowest BCUT2D eigenvalue weighted by molar-refractivity contribution is -0.124. The summed E-state index contributed by atoms with van der Waals surface area (Å²) in [6.45, 7) is 4.03. The van der Waals surface area contributed by atoms with Gasteiger partial charge in [0.15, 0.2) is 0 Å². The number of amides is 1. The molecule has 0 atom stereocenters. The molecule has 2 aromatic carbocycles. The van der Waals surface area contributed by atoms with Crippen LogP contribution in [0.5, 0.6) is 0 Å². The largest absolute Gasteiger partial charge is 0.339 e. The molecule has 0 bridgehead atoms. The van der Waals surface area contributed by atoms with E-state index >= 15 is 0 Å². The monoisotopic (exact) mass is 504 g/mol. The Morgan fingerprint density at radius 3 is 2.51 bits per heavy atom. The van der Waals surface area contributed by atoms with Gasteiger partial charge in [0.2, 0.25) is 17.6 Å². The summed E-state index contributed by atoms with van der Waals surface area (Å²) in [5, 5.41) is 9.68. The van der Waals surface area contributed by atoms with E-state index in [4.69, 9.17) is 10.3 Å². The smallest absolute Gasteiger partial charge is 0.261 e. The Kier molecular flexibility index (Phi) is 8.54. The molecule has 1 aromatic heterocycles. The molecule has 0 saturated carbocycles. The summed E-state index contributed by atoms with van der Waals surface area (Å²) in [6.07, 6.45) is 0.550. The van der Waals surface area contributed by atoms with Gasteiger partial charge in [0, 0.05) is 37.3 Å². The minimum atomic E-state index is -3.91. The van der Waals surface area contributed by atoms with E-state index < -0.39 is 28.0 Å². The quantitative estimate of drug-likeness (QED) is 0.275. The molecule has 0 unspecified atom stereocenters. The van der Waals surface area contributed by atoms with E-state index in [-0.39, 0.29) is 10.6 Å². The molecule has 10 nitrogen and oxygen atoms in total. The molecule has 0 aliphatic heterocycles. The van der Waals surface area contributed by atoms with Gasteiger partial charge in [-0.2, -0.15) is 4.98 Å². The highest BCUT2D eigenvalue weighted by molar-refractivity contribution is 7.92. The molecule has 188 valence electrons. The second-order valence-electron chi connectivity index (χ2n) is 8.48. The number of hydrogen-bond donors (Lipinski definition) is 4. The number of halogens is 1. The van der Waals surface area contributed by atoms with E-state index in [0.717, 1.165) is 0 Å². The first-order valence-electron chi connectivity index (χ1n) is 11.0. The van der Waals surface area contributed by atoms with Crippen molar-refractivity contribution >= 4 is 27.3 Å². The molecule has 0 fully saturated rings. The molecule has 1 heterocycles. The number of benzene rings is 2. The van der Waals surface area contributed by atoms with Gasteiger partial charge < -0.3 is 20.9 Å². The van der Waals surface area contributed by atoms with Crippen molar-refractivity contribution in [3.05, 3.63) is 54.4 Å². The summed E-state index contributed by atoms with van der Waals surface area (Å²) >= 11 is 0. The molecule has 12 heteroatoms. The number of carbonyl (C=O) groups is 1. The minimum absolute atomic E-state index is 0.0314. The summed E-state index contributed by atoms with van der Waals surface area (Å²) in [7, 11) is -3.91. The molecular weight excluding hydrogens is 475 g/mol. The first-order valence-corrected chi connectivity index (χ1v) is 12.5. The number of carbonyl (C=O) groups excluding carboxylic acids is 1. The van der Waals surface area contributed by atoms with Crippen molar-refractivity contribution in [2.24, 2.45) is 11.1 Å². The Hall–Kier alpha value is -3.35. The van der Waals surface area contributed by atoms with Crippen LogP contribution in [0.3, 0.4) is 0 Å². The SMILES string of the molecule is CC(C)(CF)C(=O)Nc1cccc(NS(=O)(=O)c2ccc(-c3noc(CCNCCN)n3)cc2)c1. The van der Waals surface area contributed by atoms with Crippen molar-refractivity contribution in [1.29, 1.82) is 0 Å². The molecule has 0 saturated heterocycles. The Morgan fingerprint density at radius 2 is 1.83 bits per heavy atom. The van der Waals surface area contributed by atoms with Crippen molar-refractivity contribution < 1.29 is 22.1 Å². The molecule has 3 aromatic rings. The first-order chi connectivity index (χ1) is 16.6. The Labute approximate surface area is 203 Å². The number of hydrogen-bond acceptors (Lipinski definition) is 8. The second kappa shape index (κ2) is 11.4. The van der Waals surface area contributed by atoms with Crippen LogP contribution in [0.1, 0.15) is 19.7 Å². The maximum Gasteiger partial charge on any atom is 0.261 e. The van der Waals surface area contributed by atoms with E-state index in [0.29, 0.717) is 49.0 Å². The lowest BCUT2D eigenvalue weighted by Gasteiger charge is -2.19. The molecule has 3 rings (SSSR count). The van der Waals surface area contributed by atoms with Crippen LogP contribution in [0.2, 0.25) is 0 Å². The van der Waals surface area contributed by atoms with Crippen molar-refractivity contribution in [2.45, 2.75) is 25.2 Å². The van der Waals surface area contributed by atoms with E-state index in [1.807, 2.05) is 0 Å². The number of sulfonamides is 1. The third-order valence-corrected chi connectivity index (χ3v) is 6.45. The molecular formula is C23H29FN6O4S. The van der Waals surface area contributed by atoms with Gasteiger partial charge in [-0.15, -0.1) is 0 Å². The van der Waals surface area contributed by atoms with Crippen LogP contribution in [0.15, 0.2) is 57.9 Å². The summed E-state index contributed by atoms with van der Waals surface area (Å²) in [4.78, 5) is 16.6. The highest BCUT2D eigenvalue weighted by Gasteiger charge is 2.27. The van der Waals surface area contributed by atoms with E-state index in [2.05, 4.69) is 25.5 Å². The lowest BCUT2D eigenvalue weighted by Crippen LogP contribution is -2.32. The van der Waals surface area contributed by atoms with Crippen LogP contribution in [0.4, 0.5) is 15.8 Å². The molecule has 35 heavy (non-hydrogen) atoms. The lowest BCUT2D eigenvalue weighted by atomic mass is 9.94. The fraction of sp³-hybridized carbons (Fsp3) is 0.348. The van der Waals surface area contributed by atoms with Gasteiger partial charge >= 0.3 is 0 Å². The average Bonchev–Trinajstić information content (AvgIpc) is 3.31. The maximum atomic E-state index is 13.1. The number of nitrogens with one attached hydrogen (secondary N) is 3. The van der Waals surface area contributed by atoms with Crippen LogP contribution in [0.25, 0.3) is 11.4 Å². The number of rotatable bonds is 12. The van der Waals surface area contributed by atoms with Crippen molar-refractivity contribution in [3.8, 4) is 11.4 Å².